The first-order valence-electron chi connectivity index (χ1n) is 20.4. The van der Waals surface area contributed by atoms with Gasteiger partial charge in [0.25, 0.3) is 0 Å². The smallest absolute Gasteiger partial charge is 0.0972 e. The Bertz CT molecular complexity index is 3890. The summed E-state index contributed by atoms with van der Waals surface area (Å²) in [5.41, 5.74) is 12.1. The van der Waals surface area contributed by atoms with Crippen molar-refractivity contribution >= 4 is 86.7 Å². The third-order valence-corrected chi connectivity index (χ3v) is 12.4. The number of hydrogen-bond donors (Lipinski definition) is 0. The number of fused-ring (bicyclic) bond motifs is 6. The first-order chi connectivity index (χ1) is 29.7. The highest BCUT2D eigenvalue weighted by molar-refractivity contribution is 6.25. The number of nitrogens with zero attached hydrogens (tertiary/aromatic N) is 4. The quantitative estimate of drug-likeness (QED) is 0.168. The maximum Gasteiger partial charge on any atom is 0.0972 e. The molecule has 0 amide bonds. The van der Waals surface area contributed by atoms with Gasteiger partial charge in [0.1, 0.15) is 0 Å². The molecule has 0 spiro atoms. The fourth-order valence-corrected chi connectivity index (χ4v) is 9.48. The average molecular weight is 761 g/mol. The molecule has 4 heteroatoms. The van der Waals surface area contributed by atoms with Gasteiger partial charge in [-0.05, 0) is 90.6 Å². The topological polar surface area (TPSA) is 51.6 Å². The van der Waals surface area contributed by atoms with E-state index >= 15 is 0 Å². The molecule has 0 saturated carbocycles. The number of rotatable bonds is 4. The van der Waals surface area contributed by atoms with E-state index in [4.69, 9.17) is 15.0 Å². The first-order valence-corrected chi connectivity index (χ1v) is 20.4. The van der Waals surface area contributed by atoms with Crippen molar-refractivity contribution in [1.82, 2.24) is 19.9 Å². The van der Waals surface area contributed by atoms with E-state index in [0.29, 0.717) is 0 Å². The lowest BCUT2D eigenvalue weighted by molar-refractivity contribution is 1.37. The summed E-state index contributed by atoms with van der Waals surface area (Å²) >= 11 is 0. The predicted octanol–water partition coefficient (Wildman–Crippen LogP) is 14.6. The molecule has 13 rings (SSSR count). The lowest BCUT2D eigenvalue weighted by atomic mass is 9.89. The Labute approximate surface area is 344 Å². The lowest BCUT2D eigenvalue weighted by Gasteiger charge is -2.14. The van der Waals surface area contributed by atoms with Gasteiger partial charge in [0.05, 0.1) is 39.1 Å². The van der Waals surface area contributed by atoms with Crippen LogP contribution in [0, 0.1) is 0 Å². The molecule has 0 atom stereocenters. The monoisotopic (exact) mass is 760 g/mol. The van der Waals surface area contributed by atoms with Crippen molar-refractivity contribution in [3.63, 3.8) is 0 Å². The van der Waals surface area contributed by atoms with Crippen LogP contribution in [0.25, 0.3) is 132 Å². The molecule has 4 nitrogen and oxygen atoms in total. The SMILES string of the molecule is c1cnc2c(c1)ccc1ccc(-c3ccc(-c4ccc5ccc(-c6ccc7ccc(-c8ccc9ccc%10cccc%11ccc8c9c%10%11)cc7n6)cc5n4)c4ccccc34)nc12. The van der Waals surface area contributed by atoms with Crippen molar-refractivity contribution in [2.45, 2.75) is 0 Å². The summed E-state index contributed by atoms with van der Waals surface area (Å²) in [5, 5.41) is 14.4. The van der Waals surface area contributed by atoms with E-state index in [1.807, 2.05) is 12.3 Å². The minimum absolute atomic E-state index is 0.913. The van der Waals surface area contributed by atoms with Crippen molar-refractivity contribution in [3.8, 4) is 44.9 Å². The highest BCUT2D eigenvalue weighted by atomic mass is 14.8. The van der Waals surface area contributed by atoms with Gasteiger partial charge in [-0.25, -0.2) is 15.0 Å². The molecule has 4 heterocycles. The van der Waals surface area contributed by atoms with Gasteiger partial charge in [-0.15, -0.1) is 0 Å². The largest absolute Gasteiger partial charge is 0.254 e. The van der Waals surface area contributed by atoms with E-state index < -0.39 is 0 Å². The van der Waals surface area contributed by atoms with Gasteiger partial charge in [-0.2, -0.15) is 0 Å². The third kappa shape index (κ3) is 5.04. The van der Waals surface area contributed by atoms with Crippen LogP contribution in [0.1, 0.15) is 0 Å². The lowest BCUT2D eigenvalue weighted by Crippen LogP contribution is -1.92. The summed E-state index contributed by atoms with van der Waals surface area (Å²) in [4.78, 5) is 20.4. The van der Waals surface area contributed by atoms with Gasteiger partial charge >= 0.3 is 0 Å². The molecule has 0 aliphatic carbocycles. The molecule has 0 saturated heterocycles. The summed E-state index contributed by atoms with van der Waals surface area (Å²) in [6.45, 7) is 0. The maximum absolute atomic E-state index is 5.29. The van der Waals surface area contributed by atoms with E-state index in [9.17, 15) is 0 Å². The van der Waals surface area contributed by atoms with Gasteiger partial charge < -0.3 is 0 Å². The molecule has 276 valence electrons. The van der Waals surface area contributed by atoms with Crippen molar-refractivity contribution in [1.29, 1.82) is 0 Å². The fourth-order valence-electron chi connectivity index (χ4n) is 9.48. The van der Waals surface area contributed by atoms with E-state index in [-0.39, 0.29) is 0 Å². The zero-order valence-corrected chi connectivity index (χ0v) is 32.3. The Morgan fingerprint density at radius 2 is 0.800 bits per heavy atom. The van der Waals surface area contributed by atoms with Gasteiger partial charge in [0.15, 0.2) is 0 Å². The Morgan fingerprint density at radius 1 is 0.283 bits per heavy atom. The molecule has 0 fully saturated rings. The van der Waals surface area contributed by atoms with Crippen LogP contribution in [0.3, 0.4) is 0 Å². The van der Waals surface area contributed by atoms with Crippen LogP contribution in [0.15, 0.2) is 194 Å². The van der Waals surface area contributed by atoms with E-state index in [2.05, 4.69) is 187 Å². The molecular weight excluding hydrogens is 729 g/mol. The third-order valence-electron chi connectivity index (χ3n) is 12.4. The minimum Gasteiger partial charge on any atom is -0.254 e. The number of hydrogen-bond acceptors (Lipinski definition) is 4. The fraction of sp³-hybridized carbons (Fsp3) is 0. The van der Waals surface area contributed by atoms with Gasteiger partial charge in [-0.1, -0.05) is 152 Å². The van der Waals surface area contributed by atoms with Crippen molar-refractivity contribution in [2.75, 3.05) is 0 Å². The summed E-state index contributed by atoms with van der Waals surface area (Å²) in [6.07, 6.45) is 1.84. The van der Waals surface area contributed by atoms with Crippen LogP contribution in [0.5, 0.6) is 0 Å². The molecule has 0 aliphatic heterocycles. The normalized spacial score (nSPS) is 12.0. The van der Waals surface area contributed by atoms with Crippen molar-refractivity contribution < 1.29 is 0 Å². The maximum atomic E-state index is 5.29. The Morgan fingerprint density at radius 3 is 1.57 bits per heavy atom. The van der Waals surface area contributed by atoms with Crippen LogP contribution < -0.4 is 0 Å². The average Bonchev–Trinajstić information content (AvgIpc) is 3.32. The molecule has 0 radical (unpaired) electrons. The summed E-state index contributed by atoms with van der Waals surface area (Å²) in [7, 11) is 0. The second-order valence-electron chi connectivity index (χ2n) is 15.8. The van der Waals surface area contributed by atoms with Crippen LogP contribution in [0.2, 0.25) is 0 Å². The molecule has 0 bridgehead atoms. The van der Waals surface area contributed by atoms with E-state index in [1.54, 1.807) is 0 Å². The molecule has 0 unspecified atom stereocenters. The molecule has 0 aliphatic rings. The highest BCUT2D eigenvalue weighted by Gasteiger charge is 2.16. The first kappa shape index (κ1) is 32.9. The second kappa shape index (κ2) is 12.7. The summed E-state index contributed by atoms with van der Waals surface area (Å²) in [6, 6.07) is 67.3. The Kier molecular flexibility index (Phi) is 6.98. The molecular formula is C56H32N4. The van der Waals surface area contributed by atoms with Crippen molar-refractivity contribution in [2.24, 2.45) is 0 Å². The second-order valence-corrected chi connectivity index (χ2v) is 15.8. The van der Waals surface area contributed by atoms with Gasteiger partial charge in [0, 0.05) is 44.4 Å². The van der Waals surface area contributed by atoms with Crippen LogP contribution >= 0.6 is 0 Å². The van der Waals surface area contributed by atoms with Crippen LogP contribution in [-0.2, 0) is 0 Å². The van der Waals surface area contributed by atoms with Crippen LogP contribution in [-0.4, -0.2) is 19.9 Å². The number of pyridine rings is 4. The number of benzene rings is 9. The van der Waals surface area contributed by atoms with Crippen molar-refractivity contribution in [3.05, 3.63) is 194 Å². The molecule has 0 N–H and O–H groups in total. The number of aromatic nitrogens is 4. The molecule has 4 aromatic heterocycles. The minimum atomic E-state index is 0.913. The van der Waals surface area contributed by atoms with Crippen LogP contribution in [0.4, 0.5) is 0 Å². The Hall–Kier alpha value is -8.08. The molecule has 60 heavy (non-hydrogen) atoms. The summed E-state index contributed by atoms with van der Waals surface area (Å²) < 4.78 is 0. The zero-order chi connectivity index (χ0) is 39.3. The standard InChI is InChI=1S/C56H32N4/c1-2-9-44-43(8-1)45(25-26-46(44)50-29-22-39-15-14-38-7-4-30-57-55(38)56(39)60-50)49-28-21-34-11-17-41(32-52(34)59-49)48-27-20-33-10-16-40(31-51(33)58-48)42-23-18-37-13-12-35-5-3-6-36-19-24-47(42)54(37)53(35)36/h1-32H. The zero-order valence-electron chi connectivity index (χ0n) is 32.3. The van der Waals surface area contributed by atoms with E-state index in [0.717, 1.165) is 93.7 Å². The van der Waals surface area contributed by atoms with Gasteiger partial charge in [-0.3, -0.25) is 4.98 Å². The molecule has 13 aromatic rings. The highest BCUT2D eigenvalue weighted by Crippen LogP contribution is 2.41. The predicted molar refractivity (Wildman–Crippen MR) is 251 cm³/mol. The van der Waals surface area contributed by atoms with Gasteiger partial charge in [0.2, 0.25) is 0 Å². The Balaban J connectivity index is 0.885. The van der Waals surface area contributed by atoms with E-state index in [1.165, 1.54) is 37.9 Å². The molecule has 9 aromatic carbocycles. The summed E-state index contributed by atoms with van der Waals surface area (Å²) in [5.74, 6) is 0.